The Morgan fingerprint density at radius 3 is 2.46 bits per heavy atom. The van der Waals surface area contributed by atoms with Gasteiger partial charge in [-0.1, -0.05) is 38.1 Å². The summed E-state index contributed by atoms with van der Waals surface area (Å²) in [7, 11) is 0. The summed E-state index contributed by atoms with van der Waals surface area (Å²) >= 11 is 0. The number of anilines is 1. The molecule has 0 radical (unpaired) electrons. The average Bonchev–Trinajstić information content (AvgIpc) is 2.68. The number of carbonyl (C=O) groups excluding carboxylic acids is 1. The van der Waals surface area contributed by atoms with Gasteiger partial charge < -0.3 is 10.6 Å². The highest BCUT2D eigenvalue weighted by Crippen LogP contribution is 2.23. The number of carbonyl (C=O) groups is 1. The van der Waals surface area contributed by atoms with Gasteiger partial charge in [0.25, 0.3) is 5.91 Å². The molecular formula is C24H29N3O. The highest BCUT2D eigenvalue weighted by atomic mass is 16.1. The molecule has 1 amide bonds. The van der Waals surface area contributed by atoms with E-state index in [1.165, 1.54) is 11.1 Å². The topological polar surface area (TPSA) is 54.0 Å². The van der Waals surface area contributed by atoms with Crippen molar-refractivity contribution in [1.29, 1.82) is 0 Å². The van der Waals surface area contributed by atoms with Gasteiger partial charge >= 0.3 is 0 Å². The first-order chi connectivity index (χ1) is 13.4. The Kier molecular flexibility index (Phi) is 5.98. The van der Waals surface area contributed by atoms with Crippen molar-refractivity contribution in [3.05, 3.63) is 70.9 Å². The molecule has 2 N–H and O–H groups in total. The number of nitrogens with one attached hydrogen (secondary N) is 2. The van der Waals surface area contributed by atoms with Gasteiger partial charge in [-0.25, -0.2) is 0 Å². The van der Waals surface area contributed by atoms with E-state index in [0.717, 1.165) is 28.7 Å². The molecule has 0 bridgehead atoms. The summed E-state index contributed by atoms with van der Waals surface area (Å²) in [6.45, 7) is 11.4. The zero-order chi connectivity index (χ0) is 20.3. The third-order valence-corrected chi connectivity index (χ3v) is 5.10. The van der Waals surface area contributed by atoms with Crippen molar-refractivity contribution >= 4 is 22.5 Å². The molecule has 0 aliphatic rings. The first-order valence-corrected chi connectivity index (χ1v) is 9.94. The molecule has 3 aromatic rings. The lowest BCUT2D eigenvalue weighted by atomic mass is 10.0. The minimum absolute atomic E-state index is 0.0825. The molecular weight excluding hydrogens is 346 g/mol. The summed E-state index contributed by atoms with van der Waals surface area (Å²) in [5, 5.41) is 7.41. The van der Waals surface area contributed by atoms with Gasteiger partial charge in [-0.2, -0.15) is 0 Å². The van der Waals surface area contributed by atoms with E-state index in [4.69, 9.17) is 0 Å². The minimum atomic E-state index is -0.108. The van der Waals surface area contributed by atoms with Crippen LogP contribution in [0.5, 0.6) is 0 Å². The van der Waals surface area contributed by atoms with Crippen LogP contribution >= 0.6 is 0 Å². The van der Waals surface area contributed by atoms with Gasteiger partial charge in [0, 0.05) is 23.8 Å². The molecule has 0 aliphatic heterocycles. The zero-order valence-electron chi connectivity index (χ0n) is 17.3. The van der Waals surface area contributed by atoms with Gasteiger partial charge in [0.2, 0.25) is 0 Å². The van der Waals surface area contributed by atoms with Crippen LogP contribution < -0.4 is 10.6 Å². The van der Waals surface area contributed by atoms with E-state index < -0.39 is 0 Å². The van der Waals surface area contributed by atoms with Crippen LogP contribution in [0.1, 0.15) is 66.7 Å². The smallest absolute Gasteiger partial charge is 0.253 e. The van der Waals surface area contributed by atoms with Crippen LogP contribution in [0.3, 0.4) is 0 Å². The summed E-state index contributed by atoms with van der Waals surface area (Å²) in [6.07, 6.45) is 1.66. The average molecular weight is 376 g/mol. The Morgan fingerprint density at radius 1 is 1.04 bits per heavy atom. The summed E-state index contributed by atoms with van der Waals surface area (Å²) in [5.41, 5.74) is 6.14. The molecule has 146 valence electrons. The fourth-order valence-corrected chi connectivity index (χ4v) is 3.33. The maximum Gasteiger partial charge on any atom is 0.253 e. The van der Waals surface area contributed by atoms with Crippen molar-refractivity contribution in [3.8, 4) is 0 Å². The quantitative estimate of drug-likeness (QED) is 0.590. The van der Waals surface area contributed by atoms with Crippen LogP contribution in [0.15, 0.2) is 48.7 Å². The van der Waals surface area contributed by atoms with Crippen LogP contribution in [0, 0.1) is 6.92 Å². The second kappa shape index (κ2) is 8.42. The SMILES string of the molecule is CCNc1ccc([C@@H](C)NC(=O)c2cnc3cc(C(C)C)ccc3c2)cc1C. The number of rotatable bonds is 6. The molecule has 2 aromatic carbocycles. The van der Waals surface area contributed by atoms with Gasteiger partial charge in [0.15, 0.2) is 0 Å². The van der Waals surface area contributed by atoms with Gasteiger partial charge in [0.1, 0.15) is 0 Å². The first kappa shape index (κ1) is 19.9. The van der Waals surface area contributed by atoms with E-state index in [0.29, 0.717) is 11.5 Å². The van der Waals surface area contributed by atoms with E-state index >= 15 is 0 Å². The van der Waals surface area contributed by atoms with Crippen LogP contribution in [0.2, 0.25) is 0 Å². The molecule has 1 aromatic heterocycles. The molecule has 0 aliphatic carbocycles. The monoisotopic (exact) mass is 375 g/mol. The standard InChI is InChI=1S/C24H29N3O/c1-6-25-22-10-9-19(11-16(22)4)17(5)27-24(28)21-12-20-8-7-18(15(2)3)13-23(20)26-14-21/h7-15,17,25H,6H2,1-5H3,(H,27,28)/t17-/m1/s1. The molecule has 1 atom stereocenters. The predicted molar refractivity (Wildman–Crippen MR) is 117 cm³/mol. The van der Waals surface area contributed by atoms with E-state index in [1.807, 2.05) is 19.1 Å². The molecule has 1 heterocycles. The van der Waals surface area contributed by atoms with Crippen molar-refractivity contribution in [1.82, 2.24) is 10.3 Å². The molecule has 3 rings (SSSR count). The highest BCUT2D eigenvalue weighted by molar-refractivity contribution is 5.97. The highest BCUT2D eigenvalue weighted by Gasteiger charge is 2.14. The predicted octanol–water partition coefficient (Wildman–Crippen LogP) is 5.59. The molecule has 0 fully saturated rings. The number of pyridine rings is 1. The van der Waals surface area contributed by atoms with Crippen molar-refractivity contribution in [3.63, 3.8) is 0 Å². The van der Waals surface area contributed by atoms with E-state index in [9.17, 15) is 4.79 Å². The Hall–Kier alpha value is -2.88. The minimum Gasteiger partial charge on any atom is -0.385 e. The number of fused-ring (bicyclic) bond motifs is 1. The van der Waals surface area contributed by atoms with Crippen LogP contribution in [-0.2, 0) is 0 Å². The van der Waals surface area contributed by atoms with Gasteiger partial charge in [-0.05, 0) is 61.6 Å². The second-order valence-electron chi connectivity index (χ2n) is 7.63. The normalized spacial score (nSPS) is 12.2. The number of nitrogens with zero attached hydrogens (tertiary/aromatic N) is 1. The fraction of sp³-hybridized carbons (Fsp3) is 0.333. The Bertz CT molecular complexity index is 994. The van der Waals surface area contributed by atoms with Crippen LogP contribution in [-0.4, -0.2) is 17.4 Å². The van der Waals surface area contributed by atoms with Crippen molar-refractivity contribution in [2.45, 2.75) is 46.6 Å². The van der Waals surface area contributed by atoms with E-state index in [2.05, 4.69) is 73.6 Å². The Balaban J connectivity index is 1.76. The Morgan fingerprint density at radius 2 is 1.79 bits per heavy atom. The van der Waals surface area contributed by atoms with Crippen molar-refractivity contribution in [2.24, 2.45) is 0 Å². The molecule has 0 spiro atoms. The van der Waals surface area contributed by atoms with Crippen LogP contribution in [0.4, 0.5) is 5.69 Å². The summed E-state index contributed by atoms with van der Waals surface area (Å²) in [5.74, 6) is 0.348. The van der Waals surface area contributed by atoms with Crippen molar-refractivity contribution < 1.29 is 4.79 Å². The molecule has 4 nitrogen and oxygen atoms in total. The van der Waals surface area contributed by atoms with Crippen molar-refractivity contribution in [2.75, 3.05) is 11.9 Å². The summed E-state index contributed by atoms with van der Waals surface area (Å²) in [6, 6.07) is 14.3. The van der Waals surface area contributed by atoms with E-state index in [1.54, 1.807) is 6.20 Å². The number of aryl methyl sites for hydroxylation is 1. The Labute approximate surface area is 167 Å². The third kappa shape index (κ3) is 4.33. The fourth-order valence-electron chi connectivity index (χ4n) is 3.33. The largest absolute Gasteiger partial charge is 0.385 e. The second-order valence-corrected chi connectivity index (χ2v) is 7.63. The molecule has 4 heteroatoms. The lowest BCUT2D eigenvalue weighted by Crippen LogP contribution is -2.26. The lowest BCUT2D eigenvalue weighted by molar-refractivity contribution is 0.0939. The van der Waals surface area contributed by atoms with Gasteiger partial charge in [-0.3, -0.25) is 9.78 Å². The molecule has 0 saturated carbocycles. The molecule has 0 unspecified atom stereocenters. The number of benzene rings is 2. The third-order valence-electron chi connectivity index (χ3n) is 5.10. The number of hydrogen-bond acceptors (Lipinski definition) is 3. The lowest BCUT2D eigenvalue weighted by Gasteiger charge is -2.17. The number of aromatic nitrogens is 1. The zero-order valence-corrected chi connectivity index (χ0v) is 17.3. The first-order valence-electron chi connectivity index (χ1n) is 9.94. The number of amides is 1. The molecule has 0 saturated heterocycles. The van der Waals surface area contributed by atoms with Crippen LogP contribution in [0.25, 0.3) is 10.9 Å². The van der Waals surface area contributed by atoms with E-state index in [-0.39, 0.29) is 11.9 Å². The van der Waals surface area contributed by atoms with Gasteiger partial charge in [-0.15, -0.1) is 0 Å². The summed E-state index contributed by atoms with van der Waals surface area (Å²) < 4.78 is 0. The maximum absolute atomic E-state index is 12.7. The van der Waals surface area contributed by atoms with Gasteiger partial charge in [0.05, 0.1) is 17.1 Å². The number of hydrogen-bond donors (Lipinski definition) is 2. The molecule has 28 heavy (non-hydrogen) atoms. The summed E-state index contributed by atoms with van der Waals surface area (Å²) in [4.78, 5) is 17.2. The maximum atomic E-state index is 12.7.